The molecule has 4 aromatic rings. The first kappa shape index (κ1) is 15.2. The summed E-state index contributed by atoms with van der Waals surface area (Å²) in [5, 5.41) is 1.08. The highest BCUT2D eigenvalue weighted by Crippen LogP contribution is 2.35. The zero-order chi connectivity index (χ0) is 17.1. The zero-order valence-electron chi connectivity index (χ0n) is 13.8. The second-order valence-electron chi connectivity index (χ2n) is 5.68. The number of benzene rings is 3. The van der Waals surface area contributed by atoms with Crippen molar-refractivity contribution in [3.8, 4) is 28.5 Å². The van der Waals surface area contributed by atoms with Crippen LogP contribution in [0.15, 0.2) is 84.9 Å². The van der Waals surface area contributed by atoms with Gasteiger partial charge in [0.25, 0.3) is 0 Å². The molecule has 3 aromatic carbocycles. The highest BCUT2D eigenvalue weighted by Gasteiger charge is 2.12. The largest absolute Gasteiger partial charge is 0.497 e. The first-order chi connectivity index (χ1) is 12.3. The maximum Gasteiger partial charge on any atom is 0.227 e. The van der Waals surface area contributed by atoms with E-state index in [9.17, 15) is 0 Å². The molecule has 25 heavy (non-hydrogen) atoms. The Morgan fingerprint density at radius 1 is 0.720 bits per heavy atom. The summed E-state index contributed by atoms with van der Waals surface area (Å²) in [6, 6.07) is 27.8. The van der Waals surface area contributed by atoms with E-state index >= 15 is 0 Å². The van der Waals surface area contributed by atoms with Crippen molar-refractivity contribution in [1.82, 2.24) is 4.98 Å². The van der Waals surface area contributed by atoms with Crippen molar-refractivity contribution >= 4 is 10.9 Å². The van der Waals surface area contributed by atoms with E-state index in [-0.39, 0.29) is 0 Å². The minimum Gasteiger partial charge on any atom is -0.497 e. The summed E-state index contributed by atoms with van der Waals surface area (Å²) in [5.41, 5.74) is 2.89. The standard InChI is InChI=1S/C22H17NO2/c1-24-18-13-11-16(12-14-18)20-15-17-7-5-6-10-21(17)23-22(20)25-19-8-3-2-4-9-19/h2-15H,1H3. The lowest BCUT2D eigenvalue weighted by Gasteiger charge is -2.12. The Hall–Kier alpha value is -3.33. The summed E-state index contributed by atoms with van der Waals surface area (Å²) in [6.07, 6.45) is 0. The summed E-state index contributed by atoms with van der Waals surface area (Å²) in [7, 11) is 1.66. The van der Waals surface area contributed by atoms with Crippen molar-refractivity contribution in [2.24, 2.45) is 0 Å². The van der Waals surface area contributed by atoms with Crippen molar-refractivity contribution in [1.29, 1.82) is 0 Å². The number of nitrogens with zero attached hydrogens (tertiary/aromatic N) is 1. The molecule has 1 aromatic heterocycles. The molecule has 0 atom stereocenters. The average molecular weight is 327 g/mol. The maximum atomic E-state index is 6.09. The quantitative estimate of drug-likeness (QED) is 0.481. The van der Waals surface area contributed by atoms with E-state index in [1.807, 2.05) is 72.8 Å². The third-order valence-electron chi connectivity index (χ3n) is 4.05. The molecule has 4 rings (SSSR count). The van der Waals surface area contributed by atoms with E-state index in [2.05, 4.69) is 12.1 Å². The van der Waals surface area contributed by atoms with Gasteiger partial charge in [-0.05, 0) is 42.0 Å². The number of fused-ring (bicyclic) bond motifs is 1. The van der Waals surface area contributed by atoms with Gasteiger partial charge < -0.3 is 9.47 Å². The summed E-state index contributed by atoms with van der Waals surface area (Å²) in [4.78, 5) is 4.74. The Morgan fingerprint density at radius 3 is 2.20 bits per heavy atom. The molecule has 122 valence electrons. The van der Waals surface area contributed by atoms with Crippen molar-refractivity contribution in [2.45, 2.75) is 0 Å². The first-order valence-corrected chi connectivity index (χ1v) is 8.10. The number of aromatic nitrogens is 1. The molecule has 0 bridgehead atoms. The van der Waals surface area contributed by atoms with Gasteiger partial charge in [0.2, 0.25) is 5.88 Å². The van der Waals surface area contributed by atoms with Crippen LogP contribution in [0, 0.1) is 0 Å². The van der Waals surface area contributed by atoms with Crippen LogP contribution in [0.25, 0.3) is 22.0 Å². The highest BCUT2D eigenvalue weighted by atomic mass is 16.5. The molecule has 0 unspecified atom stereocenters. The van der Waals surface area contributed by atoms with Crippen molar-refractivity contribution in [3.05, 3.63) is 84.9 Å². The van der Waals surface area contributed by atoms with Gasteiger partial charge in [-0.3, -0.25) is 0 Å². The Morgan fingerprint density at radius 2 is 1.44 bits per heavy atom. The predicted molar refractivity (Wildman–Crippen MR) is 100 cm³/mol. The third kappa shape index (κ3) is 3.17. The fourth-order valence-electron chi connectivity index (χ4n) is 2.75. The first-order valence-electron chi connectivity index (χ1n) is 8.10. The van der Waals surface area contributed by atoms with Crippen LogP contribution in [-0.2, 0) is 0 Å². The molecule has 0 saturated heterocycles. The number of pyridine rings is 1. The van der Waals surface area contributed by atoms with Crippen LogP contribution < -0.4 is 9.47 Å². The normalized spacial score (nSPS) is 10.6. The van der Waals surface area contributed by atoms with Crippen LogP contribution in [0.4, 0.5) is 0 Å². The SMILES string of the molecule is COc1ccc(-c2cc3ccccc3nc2Oc2ccccc2)cc1. The number of hydrogen-bond acceptors (Lipinski definition) is 3. The van der Waals surface area contributed by atoms with Gasteiger partial charge in [0.15, 0.2) is 0 Å². The van der Waals surface area contributed by atoms with Gasteiger partial charge in [-0.1, -0.05) is 48.5 Å². The molecule has 0 aliphatic rings. The van der Waals surface area contributed by atoms with E-state index in [0.717, 1.165) is 33.5 Å². The predicted octanol–water partition coefficient (Wildman–Crippen LogP) is 5.70. The molecule has 0 amide bonds. The number of para-hydroxylation sites is 2. The summed E-state index contributed by atoms with van der Waals surface area (Å²) < 4.78 is 11.3. The Bertz CT molecular complexity index is 995. The zero-order valence-corrected chi connectivity index (χ0v) is 13.8. The van der Waals surface area contributed by atoms with Crippen LogP contribution in [0.2, 0.25) is 0 Å². The molecular weight excluding hydrogens is 310 g/mol. The summed E-state index contributed by atoms with van der Waals surface area (Å²) >= 11 is 0. The van der Waals surface area contributed by atoms with Crippen LogP contribution in [0.3, 0.4) is 0 Å². The molecule has 0 aliphatic carbocycles. The minimum atomic E-state index is 0.593. The molecule has 0 radical (unpaired) electrons. The Kier molecular flexibility index (Phi) is 4.05. The Labute approximate surface area is 146 Å². The number of methoxy groups -OCH3 is 1. The smallest absolute Gasteiger partial charge is 0.227 e. The molecule has 0 aliphatic heterocycles. The van der Waals surface area contributed by atoms with Crippen LogP contribution in [0.1, 0.15) is 0 Å². The van der Waals surface area contributed by atoms with Crippen molar-refractivity contribution in [2.75, 3.05) is 7.11 Å². The second kappa shape index (κ2) is 6.65. The molecule has 0 saturated carbocycles. The maximum absolute atomic E-state index is 6.09. The van der Waals surface area contributed by atoms with Gasteiger partial charge in [-0.25, -0.2) is 4.98 Å². The minimum absolute atomic E-state index is 0.593. The van der Waals surface area contributed by atoms with Gasteiger partial charge in [0.1, 0.15) is 11.5 Å². The fourth-order valence-corrected chi connectivity index (χ4v) is 2.75. The number of ether oxygens (including phenoxy) is 2. The lowest BCUT2D eigenvalue weighted by molar-refractivity contribution is 0.415. The molecule has 0 N–H and O–H groups in total. The summed E-state index contributed by atoms with van der Waals surface area (Å²) in [6.45, 7) is 0. The van der Waals surface area contributed by atoms with Crippen molar-refractivity contribution in [3.63, 3.8) is 0 Å². The second-order valence-corrected chi connectivity index (χ2v) is 5.68. The average Bonchev–Trinajstić information content (AvgIpc) is 2.68. The van der Waals surface area contributed by atoms with Crippen LogP contribution in [0.5, 0.6) is 17.4 Å². The highest BCUT2D eigenvalue weighted by molar-refractivity contribution is 5.86. The monoisotopic (exact) mass is 327 g/mol. The summed E-state index contributed by atoms with van der Waals surface area (Å²) in [5.74, 6) is 2.18. The van der Waals surface area contributed by atoms with Gasteiger partial charge in [-0.2, -0.15) is 0 Å². The van der Waals surface area contributed by atoms with Crippen molar-refractivity contribution < 1.29 is 9.47 Å². The van der Waals surface area contributed by atoms with Gasteiger partial charge in [-0.15, -0.1) is 0 Å². The van der Waals surface area contributed by atoms with Gasteiger partial charge >= 0.3 is 0 Å². The molecule has 3 nitrogen and oxygen atoms in total. The lowest BCUT2D eigenvalue weighted by atomic mass is 10.0. The lowest BCUT2D eigenvalue weighted by Crippen LogP contribution is -1.93. The number of rotatable bonds is 4. The van der Waals surface area contributed by atoms with Crippen LogP contribution in [-0.4, -0.2) is 12.1 Å². The molecule has 3 heteroatoms. The Balaban J connectivity index is 1.85. The molecule has 1 heterocycles. The van der Waals surface area contributed by atoms with Crippen LogP contribution >= 0.6 is 0 Å². The van der Waals surface area contributed by atoms with E-state index in [1.165, 1.54) is 0 Å². The van der Waals surface area contributed by atoms with E-state index in [1.54, 1.807) is 7.11 Å². The van der Waals surface area contributed by atoms with E-state index in [4.69, 9.17) is 14.5 Å². The van der Waals surface area contributed by atoms with Gasteiger partial charge in [0, 0.05) is 10.9 Å². The van der Waals surface area contributed by atoms with E-state index in [0.29, 0.717) is 5.88 Å². The third-order valence-corrected chi connectivity index (χ3v) is 4.05. The fraction of sp³-hybridized carbons (Fsp3) is 0.0455. The number of hydrogen-bond donors (Lipinski definition) is 0. The molecule has 0 fully saturated rings. The molecule has 0 spiro atoms. The van der Waals surface area contributed by atoms with Gasteiger partial charge in [0.05, 0.1) is 12.6 Å². The topological polar surface area (TPSA) is 31.4 Å². The van der Waals surface area contributed by atoms with E-state index < -0.39 is 0 Å². The molecular formula is C22H17NO2.